The third-order valence-corrected chi connectivity index (χ3v) is 3.85. The van der Waals surface area contributed by atoms with E-state index in [0.29, 0.717) is 32.8 Å². The summed E-state index contributed by atoms with van der Waals surface area (Å²) >= 11 is 12.0. The number of nitrogens with one attached hydrogen (secondary N) is 1. The molecule has 2 aromatic carbocycles. The predicted molar refractivity (Wildman–Crippen MR) is 103 cm³/mol. The molecule has 0 saturated heterocycles. The van der Waals surface area contributed by atoms with E-state index in [-0.39, 0.29) is 5.91 Å². The van der Waals surface area contributed by atoms with E-state index in [1.54, 1.807) is 43.3 Å². The molecule has 138 valence electrons. The van der Waals surface area contributed by atoms with Crippen molar-refractivity contribution in [1.82, 2.24) is 0 Å². The molecule has 0 heterocycles. The molecule has 8 heteroatoms. The number of benzene rings is 2. The van der Waals surface area contributed by atoms with Crippen molar-refractivity contribution in [2.24, 2.45) is 5.16 Å². The van der Waals surface area contributed by atoms with E-state index in [2.05, 4.69) is 10.5 Å². The van der Waals surface area contributed by atoms with Crippen molar-refractivity contribution in [3.05, 3.63) is 52.0 Å². The fourth-order valence-corrected chi connectivity index (χ4v) is 2.54. The minimum absolute atomic E-state index is 0.352. The largest absolute Gasteiger partial charge is 0.493 e. The maximum atomic E-state index is 12.1. The first kappa shape index (κ1) is 19.9. The molecular weight excluding hydrogens is 379 g/mol. The van der Waals surface area contributed by atoms with Crippen LogP contribution in [0.15, 0.2) is 41.6 Å². The molecule has 26 heavy (non-hydrogen) atoms. The Labute approximate surface area is 161 Å². The Kier molecular flexibility index (Phi) is 7.12. The summed E-state index contributed by atoms with van der Waals surface area (Å²) in [6.45, 7) is 1.58. The molecule has 0 bridgehead atoms. The summed E-state index contributed by atoms with van der Waals surface area (Å²) in [5.41, 5.74) is 1.21. The highest BCUT2D eigenvalue weighted by Crippen LogP contribution is 2.35. The summed E-state index contributed by atoms with van der Waals surface area (Å²) < 4.78 is 10.4. The number of ether oxygens (including phenoxy) is 2. The van der Waals surface area contributed by atoms with Crippen molar-refractivity contribution < 1.29 is 19.1 Å². The number of carbonyl (C=O) groups is 1. The summed E-state index contributed by atoms with van der Waals surface area (Å²) in [6, 6.07) is 10.2. The number of oxime groups is 1. The molecule has 0 fully saturated rings. The van der Waals surface area contributed by atoms with Gasteiger partial charge in [0.05, 0.1) is 25.5 Å². The van der Waals surface area contributed by atoms with E-state index < -0.39 is 6.10 Å². The highest BCUT2D eigenvalue weighted by atomic mass is 35.5. The first-order valence-electron chi connectivity index (χ1n) is 7.61. The molecule has 0 aliphatic rings. The van der Waals surface area contributed by atoms with Gasteiger partial charge in [-0.2, -0.15) is 0 Å². The molecule has 0 aromatic heterocycles. The van der Waals surface area contributed by atoms with E-state index >= 15 is 0 Å². The molecule has 0 saturated carbocycles. The average molecular weight is 397 g/mol. The maximum absolute atomic E-state index is 12.1. The number of hydrogen-bond acceptors (Lipinski definition) is 5. The van der Waals surface area contributed by atoms with Gasteiger partial charge >= 0.3 is 0 Å². The molecule has 0 aliphatic carbocycles. The van der Waals surface area contributed by atoms with Crippen LogP contribution in [0.2, 0.25) is 10.0 Å². The third kappa shape index (κ3) is 5.28. The van der Waals surface area contributed by atoms with Crippen LogP contribution in [0.1, 0.15) is 12.5 Å². The van der Waals surface area contributed by atoms with Crippen LogP contribution in [0.25, 0.3) is 0 Å². The van der Waals surface area contributed by atoms with Crippen molar-refractivity contribution in [3.8, 4) is 11.5 Å². The van der Waals surface area contributed by atoms with Gasteiger partial charge in [-0.1, -0.05) is 34.4 Å². The molecule has 0 spiro atoms. The zero-order valence-electron chi connectivity index (χ0n) is 14.5. The van der Waals surface area contributed by atoms with Crippen LogP contribution in [0.3, 0.4) is 0 Å². The van der Waals surface area contributed by atoms with Gasteiger partial charge in [0.25, 0.3) is 5.91 Å². The standard InChI is InChI=1S/C18H18Cl2N2O4/c1-11(18(23)22-14-6-4-5-13(19)9-14)26-21-10-12-7-15(20)17(25-3)16(8-12)24-2/h4-11H,1-3H3,(H,22,23)/b21-10-/t11-/m1/s1. The lowest BCUT2D eigenvalue weighted by Crippen LogP contribution is -2.26. The second kappa shape index (κ2) is 9.31. The van der Waals surface area contributed by atoms with E-state index in [9.17, 15) is 4.79 Å². The number of anilines is 1. The molecule has 0 radical (unpaired) electrons. The minimum atomic E-state index is -0.805. The zero-order chi connectivity index (χ0) is 19.1. The van der Waals surface area contributed by atoms with Gasteiger partial charge in [0, 0.05) is 16.3 Å². The second-order valence-electron chi connectivity index (χ2n) is 5.22. The number of methoxy groups -OCH3 is 2. The van der Waals surface area contributed by atoms with Crippen LogP contribution in [0.4, 0.5) is 5.69 Å². The van der Waals surface area contributed by atoms with Crippen LogP contribution in [-0.4, -0.2) is 32.4 Å². The lowest BCUT2D eigenvalue weighted by Gasteiger charge is -2.11. The molecule has 2 rings (SSSR count). The number of hydrogen-bond donors (Lipinski definition) is 1. The molecule has 1 atom stereocenters. The average Bonchev–Trinajstić information content (AvgIpc) is 2.61. The quantitative estimate of drug-likeness (QED) is 0.556. The highest BCUT2D eigenvalue weighted by Gasteiger charge is 2.14. The van der Waals surface area contributed by atoms with Crippen LogP contribution in [-0.2, 0) is 9.63 Å². The first-order valence-corrected chi connectivity index (χ1v) is 8.37. The van der Waals surface area contributed by atoms with Gasteiger partial charge in [-0.15, -0.1) is 0 Å². The molecule has 0 unspecified atom stereocenters. The summed E-state index contributed by atoms with van der Waals surface area (Å²) in [5.74, 6) is 0.546. The summed E-state index contributed by atoms with van der Waals surface area (Å²) in [6.07, 6.45) is 0.623. The number of amides is 1. The maximum Gasteiger partial charge on any atom is 0.267 e. The van der Waals surface area contributed by atoms with Crippen molar-refractivity contribution >= 4 is 41.0 Å². The Bertz CT molecular complexity index is 812. The van der Waals surface area contributed by atoms with Crippen LogP contribution in [0.5, 0.6) is 11.5 Å². The Morgan fingerprint density at radius 3 is 2.62 bits per heavy atom. The smallest absolute Gasteiger partial charge is 0.267 e. The van der Waals surface area contributed by atoms with E-state index in [4.69, 9.17) is 37.5 Å². The van der Waals surface area contributed by atoms with E-state index in [1.807, 2.05) is 0 Å². The summed E-state index contributed by atoms with van der Waals surface area (Å²) in [5, 5.41) is 7.42. The van der Waals surface area contributed by atoms with Gasteiger partial charge < -0.3 is 19.6 Å². The van der Waals surface area contributed by atoms with Crippen molar-refractivity contribution in [2.75, 3.05) is 19.5 Å². The van der Waals surface area contributed by atoms with E-state index in [1.165, 1.54) is 20.4 Å². The van der Waals surface area contributed by atoms with E-state index in [0.717, 1.165) is 0 Å². The summed E-state index contributed by atoms with van der Waals surface area (Å²) in [7, 11) is 3.01. The van der Waals surface area contributed by atoms with Crippen molar-refractivity contribution in [1.29, 1.82) is 0 Å². The van der Waals surface area contributed by atoms with Gasteiger partial charge in [-0.05, 0) is 37.3 Å². The fraction of sp³-hybridized carbons (Fsp3) is 0.222. The van der Waals surface area contributed by atoms with Crippen LogP contribution < -0.4 is 14.8 Å². The van der Waals surface area contributed by atoms with Crippen molar-refractivity contribution in [3.63, 3.8) is 0 Å². The zero-order valence-corrected chi connectivity index (χ0v) is 16.0. The summed E-state index contributed by atoms with van der Waals surface area (Å²) in [4.78, 5) is 17.3. The highest BCUT2D eigenvalue weighted by molar-refractivity contribution is 6.32. The monoisotopic (exact) mass is 396 g/mol. The van der Waals surface area contributed by atoms with Gasteiger partial charge in [0.1, 0.15) is 0 Å². The molecule has 6 nitrogen and oxygen atoms in total. The molecule has 0 aliphatic heterocycles. The first-order chi connectivity index (χ1) is 12.4. The predicted octanol–water partition coefficient (Wildman–Crippen LogP) is 4.39. The lowest BCUT2D eigenvalue weighted by atomic mass is 10.2. The Morgan fingerprint density at radius 2 is 1.96 bits per heavy atom. The SMILES string of the molecule is COc1cc(/C=N\O[C@H](C)C(=O)Nc2cccc(Cl)c2)cc(Cl)c1OC. The number of carbonyl (C=O) groups excluding carboxylic acids is 1. The minimum Gasteiger partial charge on any atom is -0.493 e. The molecule has 2 aromatic rings. The topological polar surface area (TPSA) is 69.2 Å². The van der Waals surface area contributed by atoms with Gasteiger partial charge in [0.2, 0.25) is 6.10 Å². The Morgan fingerprint density at radius 1 is 1.19 bits per heavy atom. The number of nitrogens with zero attached hydrogens (tertiary/aromatic N) is 1. The molecule has 1 N–H and O–H groups in total. The van der Waals surface area contributed by atoms with Crippen LogP contribution >= 0.6 is 23.2 Å². The van der Waals surface area contributed by atoms with Gasteiger partial charge in [-0.3, -0.25) is 4.79 Å². The lowest BCUT2D eigenvalue weighted by molar-refractivity contribution is -0.126. The Hall–Kier alpha value is -2.44. The van der Waals surface area contributed by atoms with Gasteiger partial charge in [-0.25, -0.2) is 0 Å². The Balaban J connectivity index is 1.99. The molecular formula is C18H18Cl2N2O4. The normalized spacial score (nSPS) is 11.9. The van der Waals surface area contributed by atoms with Crippen molar-refractivity contribution in [2.45, 2.75) is 13.0 Å². The fourth-order valence-electron chi connectivity index (χ4n) is 2.05. The van der Waals surface area contributed by atoms with Crippen LogP contribution in [0, 0.1) is 0 Å². The van der Waals surface area contributed by atoms with Gasteiger partial charge in [0.15, 0.2) is 11.5 Å². The molecule has 1 amide bonds. The second-order valence-corrected chi connectivity index (χ2v) is 6.06. The number of rotatable bonds is 7. The third-order valence-electron chi connectivity index (χ3n) is 3.34. The number of halogens is 2.